The highest BCUT2D eigenvalue weighted by Crippen LogP contribution is 2.29. The molecule has 0 amide bonds. The standard InChI is InChI=1S/C10H10F3NO/c11-10(12,13)9-5-1-3-8(7-9)4-2-6-15-14/h1-5,7H,6,14H2/b4-2+. The van der Waals surface area contributed by atoms with Gasteiger partial charge < -0.3 is 4.84 Å². The topological polar surface area (TPSA) is 35.2 Å². The van der Waals surface area contributed by atoms with E-state index in [1.807, 2.05) is 0 Å². The number of hydrogen-bond donors (Lipinski definition) is 1. The van der Waals surface area contributed by atoms with Gasteiger partial charge in [0.25, 0.3) is 0 Å². The first-order chi connectivity index (χ1) is 7.04. The second-order valence-corrected chi connectivity index (χ2v) is 2.86. The molecule has 1 aromatic rings. The molecule has 0 saturated heterocycles. The first-order valence-corrected chi connectivity index (χ1v) is 4.19. The first kappa shape index (κ1) is 11.7. The molecular weight excluding hydrogens is 207 g/mol. The molecule has 5 heteroatoms. The summed E-state index contributed by atoms with van der Waals surface area (Å²) in [4.78, 5) is 4.25. The number of alkyl halides is 3. The fourth-order valence-electron chi connectivity index (χ4n) is 1.06. The maximum atomic E-state index is 12.3. The minimum Gasteiger partial charge on any atom is -0.300 e. The molecule has 0 heterocycles. The van der Waals surface area contributed by atoms with Crippen LogP contribution in [0.1, 0.15) is 11.1 Å². The van der Waals surface area contributed by atoms with Crippen molar-refractivity contribution in [3.63, 3.8) is 0 Å². The van der Waals surface area contributed by atoms with Gasteiger partial charge in [-0.25, -0.2) is 5.90 Å². The molecule has 2 nitrogen and oxygen atoms in total. The summed E-state index contributed by atoms with van der Waals surface area (Å²) in [7, 11) is 0. The lowest BCUT2D eigenvalue weighted by molar-refractivity contribution is -0.137. The lowest BCUT2D eigenvalue weighted by Crippen LogP contribution is -2.04. The summed E-state index contributed by atoms with van der Waals surface area (Å²) in [5.41, 5.74) is -0.208. The van der Waals surface area contributed by atoms with Crippen molar-refractivity contribution >= 4 is 6.08 Å². The van der Waals surface area contributed by atoms with Crippen LogP contribution in [0.4, 0.5) is 13.2 Å². The minimum absolute atomic E-state index is 0.163. The zero-order valence-electron chi connectivity index (χ0n) is 7.79. The van der Waals surface area contributed by atoms with Crippen LogP contribution in [0, 0.1) is 0 Å². The largest absolute Gasteiger partial charge is 0.416 e. The summed E-state index contributed by atoms with van der Waals surface area (Å²) in [6.07, 6.45) is -1.26. The Morgan fingerprint density at radius 2 is 2.07 bits per heavy atom. The van der Waals surface area contributed by atoms with E-state index in [2.05, 4.69) is 4.84 Å². The third-order valence-corrected chi connectivity index (χ3v) is 1.72. The van der Waals surface area contributed by atoms with Gasteiger partial charge in [0, 0.05) is 0 Å². The molecule has 0 radical (unpaired) electrons. The van der Waals surface area contributed by atoms with Crippen LogP contribution in [0.25, 0.3) is 6.08 Å². The van der Waals surface area contributed by atoms with Gasteiger partial charge in [0.1, 0.15) is 0 Å². The predicted octanol–water partition coefficient (Wildman–Crippen LogP) is 2.61. The molecule has 1 rings (SSSR count). The van der Waals surface area contributed by atoms with Crippen LogP contribution < -0.4 is 5.90 Å². The maximum absolute atomic E-state index is 12.3. The molecule has 0 aliphatic heterocycles. The molecule has 0 unspecified atom stereocenters. The van der Waals surface area contributed by atoms with Gasteiger partial charge in [-0.3, -0.25) is 0 Å². The van der Waals surface area contributed by atoms with Crippen molar-refractivity contribution in [2.24, 2.45) is 5.90 Å². The van der Waals surface area contributed by atoms with Crippen LogP contribution in [0.2, 0.25) is 0 Å². The van der Waals surface area contributed by atoms with E-state index >= 15 is 0 Å². The van der Waals surface area contributed by atoms with E-state index in [1.165, 1.54) is 18.2 Å². The van der Waals surface area contributed by atoms with Crippen molar-refractivity contribution in [1.29, 1.82) is 0 Å². The van der Waals surface area contributed by atoms with E-state index in [-0.39, 0.29) is 6.61 Å². The maximum Gasteiger partial charge on any atom is 0.416 e. The van der Waals surface area contributed by atoms with Crippen molar-refractivity contribution in [3.05, 3.63) is 41.5 Å². The highest BCUT2D eigenvalue weighted by Gasteiger charge is 2.30. The number of benzene rings is 1. The first-order valence-electron chi connectivity index (χ1n) is 4.19. The number of hydrogen-bond acceptors (Lipinski definition) is 2. The summed E-state index contributed by atoms with van der Waals surface area (Å²) < 4.78 is 36.9. The van der Waals surface area contributed by atoms with Crippen molar-refractivity contribution in [2.45, 2.75) is 6.18 Å². The van der Waals surface area contributed by atoms with E-state index < -0.39 is 11.7 Å². The molecular formula is C10H10F3NO. The average Bonchev–Trinajstić information content (AvgIpc) is 2.17. The summed E-state index contributed by atoms with van der Waals surface area (Å²) in [6.45, 7) is 0.163. The molecule has 1 aromatic carbocycles. The molecule has 0 spiro atoms. The highest BCUT2D eigenvalue weighted by molar-refractivity contribution is 5.50. The van der Waals surface area contributed by atoms with Crippen molar-refractivity contribution in [3.8, 4) is 0 Å². The van der Waals surface area contributed by atoms with Crippen molar-refractivity contribution in [2.75, 3.05) is 6.61 Å². The molecule has 0 bridgehead atoms. The number of halogens is 3. The van der Waals surface area contributed by atoms with E-state index in [1.54, 1.807) is 6.07 Å². The fourth-order valence-corrected chi connectivity index (χ4v) is 1.06. The van der Waals surface area contributed by atoms with Gasteiger partial charge in [0.05, 0.1) is 12.2 Å². The van der Waals surface area contributed by atoms with E-state index in [0.717, 1.165) is 12.1 Å². The Balaban J connectivity index is 2.84. The average molecular weight is 217 g/mol. The number of rotatable bonds is 3. The SMILES string of the molecule is NOC/C=C/c1cccc(C(F)(F)F)c1. The van der Waals surface area contributed by atoms with Gasteiger partial charge in [-0.05, 0) is 17.7 Å². The van der Waals surface area contributed by atoms with Gasteiger partial charge in [0.15, 0.2) is 0 Å². The zero-order chi connectivity index (χ0) is 11.3. The van der Waals surface area contributed by atoms with E-state index in [9.17, 15) is 13.2 Å². The van der Waals surface area contributed by atoms with Gasteiger partial charge in [-0.2, -0.15) is 13.2 Å². The highest BCUT2D eigenvalue weighted by atomic mass is 19.4. The van der Waals surface area contributed by atoms with Gasteiger partial charge in [-0.15, -0.1) is 0 Å². The Bertz CT molecular complexity index is 347. The van der Waals surface area contributed by atoms with Gasteiger partial charge in [0.2, 0.25) is 0 Å². The molecule has 0 fully saturated rings. The third kappa shape index (κ3) is 3.73. The monoisotopic (exact) mass is 217 g/mol. The smallest absolute Gasteiger partial charge is 0.300 e. The number of nitrogens with two attached hydrogens (primary N) is 1. The Morgan fingerprint density at radius 3 is 2.67 bits per heavy atom. The third-order valence-electron chi connectivity index (χ3n) is 1.72. The van der Waals surface area contributed by atoms with Crippen LogP contribution in [-0.4, -0.2) is 6.61 Å². The lowest BCUT2D eigenvalue weighted by atomic mass is 10.1. The van der Waals surface area contributed by atoms with Crippen LogP contribution in [0.5, 0.6) is 0 Å². The molecule has 0 aliphatic carbocycles. The summed E-state index contributed by atoms with van der Waals surface area (Å²) in [5, 5.41) is 0. The molecule has 0 aliphatic rings. The Hall–Kier alpha value is -1.33. The molecule has 0 aromatic heterocycles. The molecule has 0 saturated carbocycles. The zero-order valence-corrected chi connectivity index (χ0v) is 7.79. The fraction of sp³-hybridized carbons (Fsp3) is 0.200. The Morgan fingerprint density at radius 1 is 1.33 bits per heavy atom. The Kier molecular flexibility index (Phi) is 3.88. The van der Waals surface area contributed by atoms with Crippen LogP contribution in [-0.2, 0) is 11.0 Å². The van der Waals surface area contributed by atoms with Crippen molar-refractivity contribution < 1.29 is 18.0 Å². The normalized spacial score (nSPS) is 12.3. The van der Waals surface area contributed by atoms with Crippen LogP contribution >= 0.6 is 0 Å². The lowest BCUT2D eigenvalue weighted by Gasteiger charge is -2.06. The second kappa shape index (κ2) is 4.95. The molecule has 2 N–H and O–H groups in total. The molecule has 15 heavy (non-hydrogen) atoms. The minimum atomic E-state index is -4.31. The molecule has 82 valence electrons. The summed E-state index contributed by atoms with van der Waals surface area (Å²) >= 11 is 0. The van der Waals surface area contributed by atoms with Crippen LogP contribution in [0.3, 0.4) is 0 Å². The van der Waals surface area contributed by atoms with E-state index in [4.69, 9.17) is 5.90 Å². The molecule has 0 atom stereocenters. The quantitative estimate of drug-likeness (QED) is 0.790. The Labute approximate surface area is 85.1 Å². The van der Waals surface area contributed by atoms with E-state index in [0.29, 0.717) is 5.56 Å². The van der Waals surface area contributed by atoms with Crippen LogP contribution in [0.15, 0.2) is 30.3 Å². The van der Waals surface area contributed by atoms with Gasteiger partial charge >= 0.3 is 6.18 Å². The summed E-state index contributed by atoms with van der Waals surface area (Å²) in [5.74, 6) is 4.76. The van der Waals surface area contributed by atoms with Crippen molar-refractivity contribution in [1.82, 2.24) is 0 Å². The van der Waals surface area contributed by atoms with Gasteiger partial charge in [-0.1, -0.05) is 24.3 Å². The predicted molar refractivity (Wildman–Crippen MR) is 50.6 cm³/mol. The summed E-state index contributed by atoms with van der Waals surface area (Å²) in [6, 6.07) is 5.01. The second-order valence-electron chi connectivity index (χ2n) is 2.86.